The Morgan fingerprint density at radius 2 is 2.50 bits per heavy atom. The van der Waals surface area contributed by atoms with Gasteiger partial charge in [0, 0.05) is 6.54 Å². The second-order valence-electron chi connectivity index (χ2n) is 3.15. The summed E-state index contributed by atoms with van der Waals surface area (Å²) in [4.78, 5) is 13.4. The summed E-state index contributed by atoms with van der Waals surface area (Å²) in [6, 6.07) is 0.0246. The number of rotatable bonds is 3. The van der Waals surface area contributed by atoms with Crippen molar-refractivity contribution in [2.24, 2.45) is 0 Å². The van der Waals surface area contributed by atoms with E-state index in [2.05, 4.69) is 5.32 Å². The van der Waals surface area contributed by atoms with E-state index in [4.69, 9.17) is 5.11 Å². The SMILES string of the molecule is CN1CCC[C@H]1C(=O)NCCO. The summed E-state index contributed by atoms with van der Waals surface area (Å²) >= 11 is 0. The van der Waals surface area contributed by atoms with Gasteiger partial charge in [-0.05, 0) is 26.4 Å². The molecule has 0 saturated carbocycles. The first-order valence-electron chi connectivity index (χ1n) is 4.34. The average molecular weight is 172 g/mol. The van der Waals surface area contributed by atoms with Gasteiger partial charge in [0.1, 0.15) is 0 Å². The van der Waals surface area contributed by atoms with Crippen molar-refractivity contribution >= 4 is 5.91 Å². The van der Waals surface area contributed by atoms with Crippen LogP contribution in [0.5, 0.6) is 0 Å². The number of amides is 1. The lowest BCUT2D eigenvalue weighted by Crippen LogP contribution is -2.42. The summed E-state index contributed by atoms with van der Waals surface area (Å²) in [5.74, 6) is 0.0454. The van der Waals surface area contributed by atoms with Gasteiger partial charge in [-0.2, -0.15) is 0 Å². The molecule has 1 rings (SSSR count). The van der Waals surface area contributed by atoms with E-state index in [9.17, 15) is 4.79 Å². The van der Waals surface area contributed by atoms with Crippen LogP contribution in [-0.2, 0) is 4.79 Å². The van der Waals surface area contributed by atoms with E-state index < -0.39 is 0 Å². The van der Waals surface area contributed by atoms with Crippen molar-refractivity contribution in [1.82, 2.24) is 10.2 Å². The van der Waals surface area contributed by atoms with Gasteiger partial charge < -0.3 is 10.4 Å². The van der Waals surface area contributed by atoms with Crippen LogP contribution < -0.4 is 5.32 Å². The van der Waals surface area contributed by atoms with E-state index in [0.717, 1.165) is 19.4 Å². The van der Waals surface area contributed by atoms with Crippen molar-refractivity contribution in [3.05, 3.63) is 0 Å². The number of hydrogen-bond acceptors (Lipinski definition) is 3. The Morgan fingerprint density at radius 3 is 3.00 bits per heavy atom. The van der Waals surface area contributed by atoms with E-state index in [-0.39, 0.29) is 18.6 Å². The molecule has 1 fully saturated rings. The standard InChI is InChI=1S/C8H16N2O2/c1-10-5-2-3-7(10)8(12)9-4-6-11/h7,11H,2-6H2,1H3,(H,9,12)/t7-/m0/s1. The molecule has 1 aliphatic heterocycles. The predicted molar refractivity (Wildman–Crippen MR) is 45.7 cm³/mol. The lowest BCUT2D eigenvalue weighted by molar-refractivity contribution is -0.125. The Morgan fingerprint density at radius 1 is 1.75 bits per heavy atom. The van der Waals surface area contributed by atoms with Gasteiger partial charge in [0.15, 0.2) is 0 Å². The minimum absolute atomic E-state index is 0.0160. The normalized spacial score (nSPS) is 24.3. The fourth-order valence-electron chi connectivity index (χ4n) is 1.54. The number of likely N-dealkylation sites (tertiary alicyclic amines) is 1. The zero-order valence-corrected chi connectivity index (χ0v) is 7.42. The first-order valence-corrected chi connectivity index (χ1v) is 4.34. The monoisotopic (exact) mass is 172 g/mol. The van der Waals surface area contributed by atoms with Gasteiger partial charge in [-0.1, -0.05) is 0 Å². The van der Waals surface area contributed by atoms with E-state index in [0.29, 0.717) is 6.54 Å². The lowest BCUT2D eigenvalue weighted by Gasteiger charge is -2.17. The zero-order chi connectivity index (χ0) is 8.97. The van der Waals surface area contributed by atoms with Gasteiger partial charge in [-0.25, -0.2) is 0 Å². The quantitative estimate of drug-likeness (QED) is 0.585. The molecule has 1 heterocycles. The summed E-state index contributed by atoms with van der Waals surface area (Å²) in [6.45, 7) is 1.38. The topological polar surface area (TPSA) is 52.6 Å². The van der Waals surface area contributed by atoms with Crippen LogP contribution in [0.3, 0.4) is 0 Å². The first kappa shape index (κ1) is 9.48. The summed E-state index contributed by atoms with van der Waals surface area (Å²) in [7, 11) is 1.95. The molecular weight excluding hydrogens is 156 g/mol. The fourth-order valence-corrected chi connectivity index (χ4v) is 1.54. The molecular formula is C8H16N2O2. The number of aliphatic hydroxyl groups excluding tert-OH is 1. The number of nitrogens with one attached hydrogen (secondary N) is 1. The van der Waals surface area contributed by atoms with Crippen LogP contribution in [0.4, 0.5) is 0 Å². The van der Waals surface area contributed by atoms with Gasteiger partial charge in [-0.15, -0.1) is 0 Å². The highest BCUT2D eigenvalue weighted by molar-refractivity contribution is 5.81. The van der Waals surface area contributed by atoms with Crippen LogP contribution >= 0.6 is 0 Å². The Bertz CT molecular complexity index is 161. The smallest absolute Gasteiger partial charge is 0.237 e. The highest BCUT2D eigenvalue weighted by atomic mass is 16.3. The second-order valence-corrected chi connectivity index (χ2v) is 3.15. The molecule has 0 aliphatic carbocycles. The van der Waals surface area contributed by atoms with E-state index in [1.807, 2.05) is 11.9 Å². The van der Waals surface area contributed by atoms with Crippen molar-refractivity contribution in [3.8, 4) is 0 Å². The van der Waals surface area contributed by atoms with E-state index >= 15 is 0 Å². The Balaban J connectivity index is 2.30. The third kappa shape index (κ3) is 2.19. The maximum atomic E-state index is 11.4. The van der Waals surface area contributed by atoms with Crippen LogP contribution in [-0.4, -0.2) is 48.7 Å². The number of nitrogens with zero attached hydrogens (tertiary/aromatic N) is 1. The predicted octanol–water partition coefficient (Wildman–Crippen LogP) is -0.811. The minimum atomic E-state index is 0.0160. The lowest BCUT2D eigenvalue weighted by atomic mass is 10.2. The van der Waals surface area contributed by atoms with Crippen LogP contribution in [0.1, 0.15) is 12.8 Å². The van der Waals surface area contributed by atoms with Gasteiger partial charge in [0.25, 0.3) is 0 Å². The molecule has 0 aromatic rings. The molecule has 70 valence electrons. The highest BCUT2D eigenvalue weighted by Gasteiger charge is 2.26. The molecule has 0 unspecified atom stereocenters. The first-order chi connectivity index (χ1) is 5.75. The summed E-state index contributed by atoms with van der Waals surface area (Å²) in [6.07, 6.45) is 2.03. The van der Waals surface area contributed by atoms with Crippen molar-refractivity contribution in [3.63, 3.8) is 0 Å². The molecule has 0 aromatic carbocycles. The van der Waals surface area contributed by atoms with Crippen molar-refractivity contribution < 1.29 is 9.90 Å². The maximum absolute atomic E-state index is 11.4. The Kier molecular flexibility index (Phi) is 3.49. The molecule has 4 heteroatoms. The number of aliphatic hydroxyl groups is 1. The van der Waals surface area contributed by atoms with Crippen molar-refractivity contribution in [2.45, 2.75) is 18.9 Å². The molecule has 12 heavy (non-hydrogen) atoms. The van der Waals surface area contributed by atoms with Gasteiger partial charge in [-0.3, -0.25) is 9.69 Å². The molecule has 4 nitrogen and oxygen atoms in total. The molecule has 1 saturated heterocycles. The molecule has 0 radical (unpaired) electrons. The summed E-state index contributed by atoms with van der Waals surface area (Å²) in [5, 5.41) is 11.2. The van der Waals surface area contributed by atoms with E-state index in [1.165, 1.54) is 0 Å². The van der Waals surface area contributed by atoms with Gasteiger partial charge >= 0.3 is 0 Å². The molecule has 0 bridgehead atoms. The summed E-state index contributed by atoms with van der Waals surface area (Å²) < 4.78 is 0. The van der Waals surface area contributed by atoms with Crippen molar-refractivity contribution in [2.75, 3.05) is 26.7 Å². The zero-order valence-electron chi connectivity index (χ0n) is 7.42. The average Bonchev–Trinajstić information content (AvgIpc) is 2.47. The molecule has 2 N–H and O–H groups in total. The third-order valence-corrected chi connectivity index (χ3v) is 2.23. The number of carbonyl (C=O) groups is 1. The molecule has 0 spiro atoms. The number of carbonyl (C=O) groups excluding carboxylic acids is 1. The second kappa shape index (κ2) is 4.42. The highest BCUT2D eigenvalue weighted by Crippen LogP contribution is 2.14. The Labute approximate surface area is 72.6 Å². The molecule has 1 aliphatic rings. The van der Waals surface area contributed by atoms with Crippen LogP contribution in [0, 0.1) is 0 Å². The van der Waals surface area contributed by atoms with Crippen molar-refractivity contribution in [1.29, 1.82) is 0 Å². The Hall–Kier alpha value is -0.610. The van der Waals surface area contributed by atoms with Gasteiger partial charge in [0.2, 0.25) is 5.91 Å². The van der Waals surface area contributed by atoms with Gasteiger partial charge in [0.05, 0.1) is 12.6 Å². The van der Waals surface area contributed by atoms with E-state index in [1.54, 1.807) is 0 Å². The van der Waals surface area contributed by atoms with Crippen LogP contribution in [0.25, 0.3) is 0 Å². The van der Waals surface area contributed by atoms with Crippen LogP contribution in [0.15, 0.2) is 0 Å². The molecule has 1 amide bonds. The number of hydrogen-bond donors (Lipinski definition) is 2. The summed E-state index contributed by atoms with van der Waals surface area (Å²) in [5.41, 5.74) is 0. The molecule has 0 aromatic heterocycles. The fraction of sp³-hybridized carbons (Fsp3) is 0.875. The maximum Gasteiger partial charge on any atom is 0.237 e. The third-order valence-electron chi connectivity index (χ3n) is 2.23. The number of likely N-dealkylation sites (N-methyl/N-ethyl adjacent to an activating group) is 1. The largest absolute Gasteiger partial charge is 0.395 e. The molecule has 1 atom stereocenters. The minimum Gasteiger partial charge on any atom is -0.395 e. The van der Waals surface area contributed by atoms with Crippen LogP contribution in [0.2, 0.25) is 0 Å².